The Morgan fingerprint density at radius 2 is 1.86 bits per heavy atom. The third kappa shape index (κ3) is 3.18. The lowest BCUT2D eigenvalue weighted by Gasteiger charge is -2.13. The third-order valence-electron chi connectivity index (χ3n) is 4.85. The molecular formula is C21H20N4O2S. The van der Waals surface area contributed by atoms with E-state index in [2.05, 4.69) is 16.6 Å². The number of hydrazone groups is 1. The second-order valence-electron chi connectivity index (χ2n) is 6.82. The largest absolute Gasteiger partial charge is 0.312 e. The van der Waals surface area contributed by atoms with Crippen LogP contribution in [-0.4, -0.2) is 14.5 Å². The average Bonchev–Trinajstić information content (AvgIpc) is 3.27. The minimum absolute atomic E-state index is 0.0281. The number of nitro benzene ring substituents is 1. The van der Waals surface area contributed by atoms with Gasteiger partial charge < -0.3 is 4.57 Å². The molecule has 3 aromatic rings. The Morgan fingerprint density at radius 3 is 2.57 bits per heavy atom. The molecule has 1 aromatic heterocycles. The molecule has 1 N–H and O–H groups in total. The van der Waals surface area contributed by atoms with Gasteiger partial charge >= 0.3 is 0 Å². The van der Waals surface area contributed by atoms with Crippen molar-refractivity contribution in [2.75, 3.05) is 0 Å². The lowest BCUT2D eigenvalue weighted by Crippen LogP contribution is -2.09. The second-order valence-corrected chi connectivity index (χ2v) is 7.91. The van der Waals surface area contributed by atoms with Gasteiger partial charge in [0.1, 0.15) is 16.1 Å². The van der Waals surface area contributed by atoms with Crippen LogP contribution in [0.5, 0.6) is 0 Å². The Morgan fingerprint density at radius 1 is 1.11 bits per heavy atom. The fourth-order valence-electron chi connectivity index (χ4n) is 3.52. The zero-order valence-electron chi connectivity index (χ0n) is 15.8. The van der Waals surface area contributed by atoms with Gasteiger partial charge in [-0.2, -0.15) is 5.10 Å². The summed E-state index contributed by atoms with van der Waals surface area (Å²) in [7, 11) is 0. The molecule has 2 heterocycles. The molecule has 4 rings (SSSR count). The first-order chi connectivity index (χ1) is 13.5. The molecule has 2 aromatic carbocycles. The summed E-state index contributed by atoms with van der Waals surface area (Å²) >= 11 is 1.65. The van der Waals surface area contributed by atoms with E-state index in [1.165, 1.54) is 0 Å². The van der Waals surface area contributed by atoms with Gasteiger partial charge in [-0.05, 0) is 38.5 Å². The van der Waals surface area contributed by atoms with E-state index >= 15 is 0 Å². The van der Waals surface area contributed by atoms with Crippen LogP contribution >= 0.6 is 11.8 Å². The Kier molecular flexibility index (Phi) is 4.68. The van der Waals surface area contributed by atoms with Crippen molar-refractivity contribution >= 4 is 22.5 Å². The van der Waals surface area contributed by atoms with Gasteiger partial charge in [-0.1, -0.05) is 48.2 Å². The molecule has 1 atom stereocenters. The summed E-state index contributed by atoms with van der Waals surface area (Å²) in [4.78, 5) is 11.3. The standard InChI is InChI=1S/C21H20N4O2S/c1-13-9-10-18(19(11-13)25(26)27)24-14(2)12-17(15(24)3)21-23-22-20(28-21)16-7-5-4-6-8-16/h4-12,21,23H,1-3H3/t21-/m1/s1. The molecule has 28 heavy (non-hydrogen) atoms. The molecule has 142 valence electrons. The zero-order chi connectivity index (χ0) is 19.8. The van der Waals surface area contributed by atoms with Gasteiger partial charge in [0.15, 0.2) is 0 Å². The number of hydrogen-bond acceptors (Lipinski definition) is 5. The number of thioether (sulfide) groups is 1. The van der Waals surface area contributed by atoms with E-state index in [-0.39, 0.29) is 16.0 Å². The molecule has 7 heteroatoms. The number of nitro groups is 1. The summed E-state index contributed by atoms with van der Waals surface area (Å²) in [6.45, 7) is 5.83. The van der Waals surface area contributed by atoms with Crippen LogP contribution in [0.15, 0.2) is 59.7 Å². The molecule has 0 unspecified atom stereocenters. The smallest absolute Gasteiger partial charge is 0.293 e. The first-order valence-corrected chi connectivity index (χ1v) is 9.83. The predicted octanol–water partition coefficient (Wildman–Crippen LogP) is 5.01. The fourth-order valence-corrected chi connectivity index (χ4v) is 4.59. The van der Waals surface area contributed by atoms with E-state index < -0.39 is 0 Å². The first-order valence-electron chi connectivity index (χ1n) is 8.95. The van der Waals surface area contributed by atoms with Crippen LogP contribution in [0.25, 0.3) is 5.69 Å². The monoisotopic (exact) mass is 392 g/mol. The quantitative estimate of drug-likeness (QED) is 0.500. The molecule has 1 aliphatic heterocycles. The van der Waals surface area contributed by atoms with Gasteiger partial charge in [0.25, 0.3) is 5.69 Å². The van der Waals surface area contributed by atoms with Crippen molar-refractivity contribution < 1.29 is 4.92 Å². The number of rotatable bonds is 4. The normalized spacial score (nSPS) is 16.0. The van der Waals surface area contributed by atoms with Gasteiger partial charge in [0.2, 0.25) is 0 Å². The van der Waals surface area contributed by atoms with E-state index in [4.69, 9.17) is 0 Å². The lowest BCUT2D eigenvalue weighted by atomic mass is 10.2. The van der Waals surface area contributed by atoms with Crippen molar-refractivity contribution in [1.82, 2.24) is 9.99 Å². The minimum Gasteiger partial charge on any atom is -0.312 e. The predicted molar refractivity (Wildman–Crippen MR) is 113 cm³/mol. The second kappa shape index (κ2) is 7.16. The van der Waals surface area contributed by atoms with Crippen LogP contribution in [0.4, 0.5) is 5.69 Å². The van der Waals surface area contributed by atoms with Crippen LogP contribution in [0.1, 0.15) is 33.5 Å². The van der Waals surface area contributed by atoms with Gasteiger partial charge in [0.05, 0.1) is 4.92 Å². The molecule has 6 nitrogen and oxygen atoms in total. The number of benzene rings is 2. The van der Waals surface area contributed by atoms with Gasteiger partial charge in [-0.15, -0.1) is 0 Å². The van der Waals surface area contributed by atoms with Crippen molar-refractivity contribution in [2.45, 2.75) is 26.1 Å². The third-order valence-corrected chi connectivity index (χ3v) is 6.00. The van der Waals surface area contributed by atoms with Crippen molar-refractivity contribution in [1.29, 1.82) is 0 Å². The highest BCUT2D eigenvalue weighted by Crippen LogP contribution is 2.38. The van der Waals surface area contributed by atoms with Crippen LogP contribution in [0.3, 0.4) is 0 Å². The van der Waals surface area contributed by atoms with Crippen LogP contribution < -0.4 is 5.43 Å². The molecule has 0 bridgehead atoms. The van der Waals surface area contributed by atoms with Crippen molar-refractivity contribution in [3.63, 3.8) is 0 Å². The maximum atomic E-state index is 11.6. The Bertz CT molecular complexity index is 1090. The van der Waals surface area contributed by atoms with Gasteiger partial charge in [-0.25, -0.2) is 0 Å². The Hall–Kier alpha value is -3.06. The van der Waals surface area contributed by atoms with Crippen LogP contribution in [0.2, 0.25) is 0 Å². The topological polar surface area (TPSA) is 72.5 Å². The van der Waals surface area contributed by atoms with E-state index in [1.54, 1.807) is 17.8 Å². The molecule has 0 saturated carbocycles. The van der Waals surface area contributed by atoms with Crippen molar-refractivity contribution in [3.8, 4) is 5.69 Å². The highest BCUT2D eigenvalue weighted by Gasteiger charge is 2.27. The van der Waals surface area contributed by atoms with E-state index in [1.807, 2.05) is 67.8 Å². The molecule has 0 radical (unpaired) electrons. The van der Waals surface area contributed by atoms with Crippen LogP contribution in [0, 0.1) is 30.9 Å². The minimum atomic E-state index is -0.319. The zero-order valence-corrected chi connectivity index (χ0v) is 16.7. The van der Waals surface area contributed by atoms with E-state index in [0.717, 1.165) is 33.1 Å². The molecule has 0 aliphatic carbocycles. The Labute approximate surface area is 167 Å². The number of nitrogens with one attached hydrogen (secondary N) is 1. The summed E-state index contributed by atoms with van der Waals surface area (Å²) in [5.74, 6) is 0. The summed E-state index contributed by atoms with van der Waals surface area (Å²) in [5, 5.41) is 17.0. The summed E-state index contributed by atoms with van der Waals surface area (Å²) in [6, 6.07) is 17.5. The van der Waals surface area contributed by atoms with Crippen LogP contribution in [-0.2, 0) is 0 Å². The van der Waals surface area contributed by atoms with E-state index in [0.29, 0.717) is 5.69 Å². The maximum Gasteiger partial charge on any atom is 0.293 e. The highest BCUT2D eigenvalue weighted by molar-refractivity contribution is 8.14. The molecule has 0 fully saturated rings. The first kappa shape index (κ1) is 18.3. The van der Waals surface area contributed by atoms with E-state index in [9.17, 15) is 10.1 Å². The summed E-state index contributed by atoms with van der Waals surface area (Å²) in [5.41, 5.74) is 8.85. The van der Waals surface area contributed by atoms with Gasteiger partial charge in [-0.3, -0.25) is 15.5 Å². The van der Waals surface area contributed by atoms with Crippen molar-refractivity contribution in [3.05, 3.63) is 92.8 Å². The summed E-state index contributed by atoms with van der Waals surface area (Å²) < 4.78 is 1.95. The van der Waals surface area contributed by atoms with Crippen molar-refractivity contribution in [2.24, 2.45) is 5.10 Å². The average molecular weight is 392 g/mol. The lowest BCUT2D eigenvalue weighted by molar-refractivity contribution is -0.384. The molecule has 0 saturated heterocycles. The number of aromatic nitrogens is 1. The number of nitrogens with zero attached hydrogens (tertiary/aromatic N) is 3. The maximum absolute atomic E-state index is 11.6. The summed E-state index contributed by atoms with van der Waals surface area (Å²) in [6.07, 6.45) is 0. The molecule has 0 spiro atoms. The molecular weight excluding hydrogens is 372 g/mol. The molecule has 1 aliphatic rings. The fraction of sp³-hybridized carbons (Fsp3) is 0.190. The van der Waals surface area contributed by atoms with Gasteiger partial charge in [0, 0.05) is 28.6 Å². The highest BCUT2D eigenvalue weighted by atomic mass is 32.2. The number of hydrogen-bond donors (Lipinski definition) is 1. The SMILES string of the molecule is Cc1ccc(-n2c(C)cc([C@@H]3NN=C(c4ccccc4)S3)c2C)c([N+](=O)[O-])c1. The number of aryl methyl sites for hydroxylation is 2. The molecule has 0 amide bonds. The Balaban J connectivity index is 1.70.